The van der Waals surface area contributed by atoms with Gasteiger partial charge in [-0.15, -0.1) is 0 Å². The maximum Gasteiger partial charge on any atom is 0.185 e. The molecule has 0 aromatic heterocycles. The second-order valence-electron chi connectivity index (χ2n) is 3.02. The molecule has 0 aliphatic heterocycles. The molecule has 0 unspecified atom stereocenters. The Kier molecular flexibility index (Phi) is 5.97. The van der Waals surface area contributed by atoms with E-state index < -0.39 is 0 Å². The van der Waals surface area contributed by atoms with E-state index >= 15 is 0 Å². The van der Waals surface area contributed by atoms with Crippen LogP contribution >= 0.6 is 39.3 Å². The minimum atomic E-state index is 0.128. The molecular formula is C12H10BrClOS. The molecule has 0 radical (unpaired) electrons. The number of halogens is 2. The van der Waals surface area contributed by atoms with Crippen molar-refractivity contribution in [2.24, 2.45) is 0 Å². The highest BCUT2D eigenvalue weighted by Gasteiger charge is 1.96. The summed E-state index contributed by atoms with van der Waals surface area (Å²) in [5.74, 6) is 6.71. The van der Waals surface area contributed by atoms with E-state index in [0.29, 0.717) is 11.4 Å². The molecule has 0 aliphatic carbocycles. The van der Waals surface area contributed by atoms with Crippen molar-refractivity contribution in [1.29, 1.82) is 0 Å². The van der Waals surface area contributed by atoms with Crippen LogP contribution in [0.4, 0.5) is 0 Å². The molecule has 0 fully saturated rings. The lowest BCUT2D eigenvalue weighted by Gasteiger charge is -1.95. The Hall–Kier alpha value is -0.430. The fourth-order valence-corrected chi connectivity index (χ4v) is 2.21. The van der Waals surface area contributed by atoms with Crippen LogP contribution in [0.25, 0.3) is 0 Å². The van der Waals surface area contributed by atoms with Gasteiger partial charge in [-0.3, -0.25) is 4.79 Å². The van der Waals surface area contributed by atoms with E-state index in [0.717, 1.165) is 15.8 Å². The number of thioether (sulfide) groups is 1. The lowest BCUT2D eigenvalue weighted by Crippen LogP contribution is -1.84. The molecule has 0 atom stereocenters. The standard InChI is InChI=1S/C12H10BrClOS/c1-9(15)16-7-3-2-4-10-5-6-11(13)8-12(10)14/h5-6,8H,3,7H2,1H3. The van der Waals surface area contributed by atoms with E-state index in [-0.39, 0.29) is 5.12 Å². The van der Waals surface area contributed by atoms with Crippen molar-refractivity contribution < 1.29 is 4.79 Å². The van der Waals surface area contributed by atoms with Gasteiger partial charge in [0.2, 0.25) is 0 Å². The van der Waals surface area contributed by atoms with Crippen LogP contribution < -0.4 is 0 Å². The third-order valence-electron chi connectivity index (χ3n) is 1.69. The van der Waals surface area contributed by atoms with Crippen LogP contribution in [0.2, 0.25) is 5.02 Å². The molecule has 1 rings (SSSR count). The van der Waals surface area contributed by atoms with Crippen molar-refractivity contribution in [2.45, 2.75) is 13.3 Å². The largest absolute Gasteiger partial charge is 0.288 e. The second-order valence-corrected chi connectivity index (χ2v) is 5.61. The minimum absolute atomic E-state index is 0.128. The molecule has 0 N–H and O–H groups in total. The van der Waals surface area contributed by atoms with E-state index in [1.165, 1.54) is 11.8 Å². The number of carbonyl (C=O) groups is 1. The monoisotopic (exact) mass is 316 g/mol. The van der Waals surface area contributed by atoms with Crippen LogP contribution in [0.15, 0.2) is 22.7 Å². The Morgan fingerprint density at radius 1 is 1.56 bits per heavy atom. The normalized spacial score (nSPS) is 9.44. The van der Waals surface area contributed by atoms with Crippen molar-refractivity contribution >= 4 is 44.4 Å². The molecule has 0 saturated heterocycles. The molecular weight excluding hydrogens is 308 g/mol. The van der Waals surface area contributed by atoms with E-state index in [1.807, 2.05) is 18.2 Å². The summed E-state index contributed by atoms with van der Waals surface area (Å²) in [4.78, 5) is 10.7. The summed E-state index contributed by atoms with van der Waals surface area (Å²) in [7, 11) is 0. The van der Waals surface area contributed by atoms with Gasteiger partial charge >= 0.3 is 0 Å². The molecule has 0 bridgehead atoms. The predicted molar refractivity (Wildman–Crippen MR) is 73.8 cm³/mol. The summed E-state index contributed by atoms with van der Waals surface area (Å²) in [6.07, 6.45) is 0.691. The van der Waals surface area contributed by atoms with E-state index in [1.54, 1.807) is 6.92 Å². The Labute approximate surface area is 113 Å². The summed E-state index contributed by atoms with van der Waals surface area (Å²) >= 11 is 10.6. The Balaban J connectivity index is 2.53. The molecule has 0 saturated carbocycles. The van der Waals surface area contributed by atoms with Crippen LogP contribution in [0.3, 0.4) is 0 Å². The van der Waals surface area contributed by atoms with Crippen molar-refractivity contribution in [3.05, 3.63) is 33.3 Å². The Morgan fingerprint density at radius 2 is 2.31 bits per heavy atom. The summed E-state index contributed by atoms with van der Waals surface area (Å²) in [6, 6.07) is 5.59. The number of rotatable bonds is 2. The summed E-state index contributed by atoms with van der Waals surface area (Å²) < 4.78 is 0.940. The fraction of sp³-hybridized carbons (Fsp3) is 0.250. The number of hydrogen-bond acceptors (Lipinski definition) is 2. The van der Waals surface area contributed by atoms with Gasteiger partial charge in [0.1, 0.15) is 0 Å². The van der Waals surface area contributed by atoms with Crippen LogP contribution in [0.5, 0.6) is 0 Å². The lowest BCUT2D eigenvalue weighted by molar-refractivity contribution is -0.109. The van der Waals surface area contributed by atoms with E-state index in [2.05, 4.69) is 27.8 Å². The van der Waals surface area contributed by atoms with Gasteiger partial charge in [0.15, 0.2) is 5.12 Å². The first kappa shape index (κ1) is 13.6. The molecule has 4 heteroatoms. The highest BCUT2D eigenvalue weighted by atomic mass is 79.9. The topological polar surface area (TPSA) is 17.1 Å². The maximum atomic E-state index is 10.7. The molecule has 0 heterocycles. The smallest absolute Gasteiger partial charge is 0.185 e. The molecule has 0 amide bonds. The second kappa shape index (κ2) is 7.01. The molecule has 16 heavy (non-hydrogen) atoms. The summed E-state index contributed by atoms with van der Waals surface area (Å²) in [5, 5.41) is 0.768. The van der Waals surface area contributed by atoms with Gasteiger partial charge in [0.25, 0.3) is 0 Å². The van der Waals surface area contributed by atoms with Crippen LogP contribution in [-0.4, -0.2) is 10.9 Å². The molecule has 0 spiro atoms. The third kappa shape index (κ3) is 5.07. The average molecular weight is 318 g/mol. The third-order valence-corrected chi connectivity index (χ3v) is 3.31. The van der Waals surface area contributed by atoms with Gasteiger partial charge in [-0.2, -0.15) is 0 Å². The van der Waals surface area contributed by atoms with E-state index in [4.69, 9.17) is 11.6 Å². The van der Waals surface area contributed by atoms with Gasteiger partial charge < -0.3 is 0 Å². The summed E-state index contributed by atoms with van der Waals surface area (Å²) in [5.41, 5.74) is 0.817. The fourth-order valence-electron chi connectivity index (χ4n) is 0.994. The van der Waals surface area contributed by atoms with Crippen molar-refractivity contribution in [3.63, 3.8) is 0 Å². The highest BCUT2D eigenvalue weighted by molar-refractivity contribution is 9.10. The minimum Gasteiger partial charge on any atom is -0.288 e. The lowest BCUT2D eigenvalue weighted by atomic mass is 10.2. The molecule has 1 nitrogen and oxygen atoms in total. The van der Waals surface area contributed by atoms with Gasteiger partial charge in [-0.05, 0) is 18.2 Å². The zero-order valence-corrected chi connectivity index (χ0v) is 11.9. The molecule has 1 aromatic carbocycles. The maximum absolute atomic E-state index is 10.7. The average Bonchev–Trinajstić information content (AvgIpc) is 2.20. The molecule has 84 valence electrons. The zero-order chi connectivity index (χ0) is 12.0. The Bertz CT molecular complexity index is 448. The first-order chi connectivity index (χ1) is 7.59. The highest BCUT2D eigenvalue weighted by Crippen LogP contribution is 2.20. The quantitative estimate of drug-likeness (QED) is 0.603. The van der Waals surface area contributed by atoms with Crippen molar-refractivity contribution in [2.75, 3.05) is 5.75 Å². The van der Waals surface area contributed by atoms with Crippen LogP contribution in [-0.2, 0) is 4.79 Å². The number of carbonyl (C=O) groups excluding carboxylic acids is 1. The van der Waals surface area contributed by atoms with E-state index in [9.17, 15) is 4.79 Å². The van der Waals surface area contributed by atoms with Crippen molar-refractivity contribution in [1.82, 2.24) is 0 Å². The van der Waals surface area contributed by atoms with Crippen molar-refractivity contribution in [3.8, 4) is 11.8 Å². The summed E-state index contributed by atoms with van der Waals surface area (Å²) in [6.45, 7) is 1.56. The Morgan fingerprint density at radius 3 is 2.94 bits per heavy atom. The van der Waals surface area contributed by atoms with Crippen LogP contribution in [0.1, 0.15) is 18.9 Å². The SMILES string of the molecule is CC(=O)SCCC#Cc1ccc(Br)cc1Cl. The van der Waals surface area contributed by atoms with Gasteiger partial charge in [-0.1, -0.05) is 51.1 Å². The predicted octanol–water partition coefficient (Wildman–Crippen LogP) is 4.12. The van der Waals surface area contributed by atoms with Gasteiger partial charge in [-0.25, -0.2) is 0 Å². The van der Waals surface area contributed by atoms with Gasteiger partial charge in [0, 0.05) is 29.1 Å². The first-order valence-electron chi connectivity index (χ1n) is 4.67. The molecule has 0 aliphatic rings. The molecule has 1 aromatic rings. The number of hydrogen-bond donors (Lipinski definition) is 0. The van der Waals surface area contributed by atoms with Gasteiger partial charge in [0.05, 0.1) is 5.02 Å². The number of benzene rings is 1. The first-order valence-corrected chi connectivity index (χ1v) is 6.82. The zero-order valence-electron chi connectivity index (χ0n) is 8.72. The van der Waals surface area contributed by atoms with Crippen LogP contribution in [0, 0.1) is 11.8 Å².